The van der Waals surface area contributed by atoms with Crippen LogP contribution in [0.5, 0.6) is 17.2 Å². The molecule has 0 saturated heterocycles. The molecule has 0 unspecified atom stereocenters. The first-order valence-corrected chi connectivity index (χ1v) is 7.99. The smallest absolute Gasteiger partial charge is 0.416 e. The fraction of sp³-hybridized carbons (Fsp3) is 0.222. The van der Waals surface area contributed by atoms with Crippen LogP contribution in [0.3, 0.4) is 0 Å². The zero-order chi connectivity index (χ0) is 21.1. The molecule has 0 aliphatic heterocycles. The third kappa shape index (κ3) is 5.13. The lowest BCUT2D eigenvalue weighted by Crippen LogP contribution is -2.14. The normalized spacial score (nSPS) is 11.1. The van der Waals surface area contributed by atoms with Crippen LogP contribution >= 0.6 is 11.6 Å². The van der Waals surface area contributed by atoms with E-state index in [2.05, 4.69) is 4.74 Å². The summed E-state index contributed by atoms with van der Waals surface area (Å²) in [6.07, 6.45) is -4.77. The summed E-state index contributed by atoms with van der Waals surface area (Å²) in [6.45, 7) is 0.770. The van der Waals surface area contributed by atoms with Crippen LogP contribution in [0.2, 0.25) is 5.02 Å². The number of hydrogen-bond acceptors (Lipinski definition) is 5. The summed E-state index contributed by atoms with van der Waals surface area (Å²) in [4.78, 5) is 23.0. The predicted molar refractivity (Wildman–Crippen MR) is 90.4 cm³/mol. The standard InChI is InChI=1S/C18H13ClF4O5/c1-9(24)12-7-11(3-4-15(12)27-8-16(25)26-2)28-17-13(19)5-10(6-14(17)20)18(21,22)23/h3-7H,8H2,1-2H3. The second kappa shape index (κ2) is 8.47. The second-order valence-corrected chi connectivity index (χ2v) is 5.85. The molecular weight excluding hydrogens is 408 g/mol. The van der Waals surface area contributed by atoms with Gasteiger partial charge in [-0.1, -0.05) is 11.6 Å². The molecule has 0 atom stereocenters. The molecule has 28 heavy (non-hydrogen) atoms. The molecule has 2 aromatic rings. The molecule has 5 nitrogen and oxygen atoms in total. The summed E-state index contributed by atoms with van der Waals surface area (Å²) in [6, 6.07) is 4.51. The largest absolute Gasteiger partial charge is 0.481 e. The minimum atomic E-state index is -4.77. The Hall–Kier alpha value is -2.81. The summed E-state index contributed by atoms with van der Waals surface area (Å²) >= 11 is 5.72. The Balaban J connectivity index is 2.33. The highest BCUT2D eigenvalue weighted by atomic mass is 35.5. The summed E-state index contributed by atoms with van der Waals surface area (Å²) in [5, 5.41) is -0.595. The number of hydrogen-bond donors (Lipinski definition) is 0. The first-order chi connectivity index (χ1) is 13.0. The molecule has 0 aliphatic rings. The van der Waals surface area contributed by atoms with E-state index < -0.39 is 46.7 Å². The first kappa shape index (κ1) is 21.5. The van der Waals surface area contributed by atoms with Gasteiger partial charge in [-0.15, -0.1) is 0 Å². The topological polar surface area (TPSA) is 61.8 Å². The van der Waals surface area contributed by atoms with Gasteiger partial charge in [-0.2, -0.15) is 13.2 Å². The predicted octanol–water partition coefficient (Wildman–Crippen LogP) is 5.04. The first-order valence-electron chi connectivity index (χ1n) is 7.61. The van der Waals surface area contributed by atoms with Gasteiger partial charge in [0.05, 0.1) is 23.3 Å². The number of alkyl halides is 3. The zero-order valence-electron chi connectivity index (χ0n) is 14.5. The SMILES string of the molecule is COC(=O)COc1ccc(Oc2c(F)cc(C(F)(F)F)cc2Cl)cc1C(C)=O. The molecule has 0 aliphatic carbocycles. The number of ether oxygens (including phenoxy) is 3. The number of Topliss-reactive ketones (excluding diaryl/α,β-unsaturated/α-hetero) is 1. The van der Waals surface area contributed by atoms with Crippen molar-refractivity contribution in [1.29, 1.82) is 0 Å². The van der Waals surface area contributed by atoms with E-state index in [1.165, 1.54) is 25.1 Å². The molecule has 0 aromatic heterocycles. The van der Waals surface area contributed by atoms with E-state index in [0.717, 1.165) is 7.11 Å². The van der Waals surface area contributed by atoms with Gasteiger partial charge in [-0.05, 0) is 37.3 Å². The lowest BCUT2D eigenvalue weighted by molar-refractivity contribution is -0.143. The molecule has 10 heteroatoms. The van der Waals surface area contributed by atoms with Gasteiger partial charge in [0.25, 0.3) is 0 Å². The minimum Gasteiger partial charge on any atom is -0.481 e. The molecule has 2 aromatic carbocycles. The van der Waals surface area contributed by atoms with Crippen molar-refractivity contribution in [3.05, 3.63) is 52.3 Å². The van der Waals surface area contributed by atoms with Gasteiger partial charge in [-0.25, -0.2) is 9.18 Å². The number of carbonyl (C=O) groups is 2. The van der Waals surface area contributed by atoms with E-state index in [9.17, 15) is 27.2 Å². The summed E-state index contributed by atoms with van der Waals surface area (Å²) in [5.74, 6) is -3.11. The number of ketones is 1. The molecule has 0 fully saturated rings. The lowest BCUT2D eigenvalue weighted by atomic mass is 10.1. The fourth-order valence-corrected chi connectivity index (χ4v) is 2.35. The van der Waals surface area contributed by atoms with Crippen LogP contribution in [-0.2, 0) is 15.7 Å². The summed E-state index contributed by atoms with van der Waals surface area (Å²) in [7, 11) is 1.16. The average molecular weight is 421 g/mol. The molecule has 0 heterocycles. The van der Waals surface area contributed by atoms with Gasteiger partial charge in [0.2, 0.25) is 0 Å². The van der Waals surface area contributed by atoms with Gasteiger partial charge in [0, 0.05) is 0 Å². The van der Waals surface area contributed by atoms with Gasteiger partial charge in [0.1, 0.15) is 11.5 Å². The van der Waals surface area contributed by atoms with E-state index in [1.807, 2.05) is 0 Å². The highest BCUT2D eigenvalue weighted by molar-refractivity contribution is 6.32. The van der Waals surface area contributed by atoms with E-state index >= 15 is 0 Å². The Morgan fingerprint density at radius 1 is 1.14 bits per heavy atom. The Morgan fingerprint density at radius 2 is 1.82 bits per heavy atom. The number of esters is 1. The molecule has 0 radical (unpaired) electrons. The maximum Gasteiger partial charge on any atom is 0.416 e. The molecule has 2 rings (SSSR count). The van der Waals surface area contributed by atoms with Crippen molar-refractivity contribution in [2.45, 2.75) is 13.1 Å². The molecule has 0 amide bonds. The second-order valence-electron chi connectivity index (χ2n) is 5.45. The van der Waals surface area contributed by atoms with Crippen molar-refractivity contribution in [2.75, 3.05) is 13.7 Å². The highest BCUT2D eigenvalue weighted by Crippen LogP contribution is 2.39. The number of halogens is 5. The third-order valence-corrected chi connectivity index (χ3v) is 3.73. The molecule has 150 valence electrons. The van der Waals surface area contributed by atoms with E-state index in [0.29, 0.717) is 6.07 Å². The zero-order valence-corrected chi connectivity index (χ0v) is 15.3. The fourth-order valence-electron chi connectivity index (χ4n) is 2.11. The summed E-state index contributed by atoms with van der Waals surface area (Å²) < 4.78 is 67.0. The van der Waals surface area contributed by atoms with Crippen LogP contribution in [0.15, 0.2) is 30.3 Å². The Morgan fingerprint density at radius 3 is 2.36 bits per heavy atom. The lowest BCUT2D eigenvalue weighted by Gasteiger charge is -2.14. The number of carbonyl (C=O) groups excluding carboxylic acids is 2. The molecule has 0 saturated carbocycles. The number of methoxy groups -OCH3 is 1. The van der Waals surface area contributed by atoms with E-state index in [4.69, 9.17) is 21.1 Å². The van der Waals surface area contributed by atoms with Gasteiger partial charge in [0.15, 0.2) is 24.0 Å². The maximum absolute atomic E-state index is 14.1. The van der Waals surface area contributed by atoms with Crippen molar-refractivity contribution in [2.24, 2.45) is 0 Å². The van der Waals surface area contributed by atoms with Crippen LogP contribution in [-0.4, -0.2) is 25.5 Å². The molecule has 0 spiro atoms. The van der Waals surface area contributed by atoms with Crippen molar-refractivity contribution in [1.82, 2.24) is 0 Å². The average Bonchev–Trinajstić information content (AvgIpc) is 2.61. The maximum atomic E-state index is 14.1. The van der Waals surface area contributed by atoms with Crippen LogP contribution < -0.4 is 9.47 Å². The third-order valence-electron chi connectivity index (χ3n) is 3.45. The summed E-state index contributed by atoms with van der Waals surface area (Å²) in [5.41, 5.74) is -1.26. The molecule has 0 bridgehead atoms. The van der Waals surface area contributed by atoms with Crippen LogP contribution in [0, 0.1) is 5.82 Å². The quantitative estimate of drug-likeness (QED) is 0.372. The van der Waals surface area contributed by atoms with Crippen molar-refractivity contribution < 1.29 is 41.4 Å². The van der Waals surface area contributed by atoms with E-state index in [1.54, 1.807) is 0 Å². The van der Waals surface area contributed by atoms with Crippen LogP contribution in [0.4, 0.5) is 17.6 Å². The van der Waals surface area contributed by atoms with Gasteiger partial charge < -0.3 is 14.2 Å². The highest BCUT2D eigenvalue weighted by Gasteiger charge is 2.32. The number of rotatable bonds is 6. The van der Waals surface area contributed by atoms with Crippen molar-refractivity contribution in [3.8, 4) is 17.2 Å². The van der Waals surface area contributed by atoms with Gasteiger partial charge >= 0.3 is 12.1 Å². The molecule has 0 N–H and O–H groups in total. The minimum absolute atomic E-state index is 0.00449. The van der Waals surface area contributed by atoms with Crippen LogP contribution in [0.1, 0.15) is 22.8 Å². The Bertz CT molecular complexity index is 888. The number of benzene rings is 2. The Kier molecular flexibility index (Phi) is 6.50. The van der Waals surface area contributed by atoms with Crippen molar-refractivity contribution >= 4 is 23.4 Å². The monoisotopic (exact) mass is 420 g/mol. The molecular formula is C18H13ClF4O5. The van der Waals surface area contributed by atoms with Crippen molar-refractivity contribution in [3.63, 3.8) is 0 Å². The Labute approximate surface area is 161 Å². The van der Waals surface area contributed by atoms with E-state index in [-0.39, 0.29) is 23.1 Å². The van der Waals surface area contributed by atoms with Crippen LogP contribution in [0.25, 0.3) is 0 Å². The van der Waals surface area contributed by atoms with Gasteiger partial charge in [-0.3, -0.25) is 4.79 Å².